The van der Waals surface area contributed by atoms with E-state index in [4.69, 9.17) is 0 Å². The van der Waals surface area contributed by atoms with Crippen LogP contribution in [0.5, 0.6) is 0 Å². The van der Waals surface area contributed by atoms with Crippen molar-refractivity contribution >= 4 is 22.6 Å². The highest BCUT2D eigenvalue weighted by molar-refractivity contribution is 14.1. The highest BCUT2D eigenvalue weighted by Gasteiger charge is 1.95. The summed E-state index contributed by atoms with van der Waals surface area (Å²) in [5.41, 5.74) is 0. The van der Waals surface area contributed by atoms with Gasteiger partial charge in [0, 0.05) is 4.43 Å². The van der Waals surface area contributed by atoms with Crippen molar-refractivity contribution in [1.29, 1.82) is 0 Å². The van der Waals surface area contributed by atoms with Crippen LogP contribution in [0, 0.1) is 5.92 Å². The minimum Gasteiger partial charge on any atom is -0.251 e. The maximum atomic E-state index is 11.4. The van der Waals surface area contributed by atoms with Gasteiger partial charge in [-0.1, -0.05) is 43.4 Å². The monoisotopic (exact) mass is 246 g/mol. The molecule has 0 fully saturated rings. The Kier molecular flexibility index (Phi) is 15.7. The van der Waals surface area contributed by atoms with Gasteiger partial charge in [0.25, 0.3) is 0 Å². The van der Waals surface area contributed by atoms with E-state index < -0.39 is 0 Å². The minimum absolute atomic E-state index is 0.163. The van der Waals surface area contributed by atoms with Gasteiger partial charge < -0.3 is 0 Å². The predicted octanol–water partition coefficient (Wildman–Crippen LogP) is 3.44. The van der Waals surface area contributed by atoms with Gasteiger partial charge in [0.2, 0.25) is 0 Å². The van der Waals surface area contributed by atoms with Crippen molar-refractivity contribution in [2.24, 2.45) is 5.92 Å². The first-order valence-electron chi connectivity index (χ1n) is 3.43. The van der Waals surface area contributed by atoms with Gasteiger partial charge in [-0.15, -0.1) is 0 Å². The average molecular weight is 246 g/mol. The molecule has 0 amide bonds. The molecule has 0 aliphatic carbocycles. The van der Waals surface area contributed by atoms with Crippen LogP contribution in [-0.2, 0) is 0 Å². The first-order chi connectivity index (χ1) is 4.31. The molecule has 1 atom stereocenters. The molecule has 0 aromatic rings. The lowest BCUT2D eigenvalue weighted by molar-refractivity contribution is 0.425. The van der Waals surface area contributed by atoms with E-state index >= 15 is 0 Å². The first-order valence-corrected chi connectivity index (χ1v) is 4.95. The second-order valence-electron chi connectivity index (χ2n) is 1.74. The van der Waals surface area contributed by atoms with Gasteiger partial charge in [-0.3, -0.25) is 4.39 Å². The van der Waals surface area contributed by atoms with Crippen molar-refractivity contribution in [1.82, 2.24) is 0 Å². The zero-order chi connectivity index (χ0) is 7.70. The smallest absolute Gasteiger partial charge is 0.0897 e. The highest BCUT2D eigenvalue weighted by atomic mass is 127. The van der Waals surface area contributed by atoms with Crippen molar-refractivity contribution in [3.05, 3.63) is 0 Å². The van der Waals surface area contributed by atoms with Crippen LogP contribution in [0.1, 0.15) is 27.2 Å². The fourth-order valence-corrected chi connectivity index (χ4v) is 0.704. The molecule has 0 radical (unpaired) electrons. The standard InChI is InChI=1S/C5H10FI.C2H6/c1-5(4-7)2-3-6;1-2/h5H,2-4H2,1H3;1-2H3. The summed E-state index contributed by atoms with van der Waals surface area (Å²) in [7, 11) is 0. The molecule has 0 saturated carbocycles. The van der Waals surface area contributed by atoms with Crippen LogP contribution in [0.2, 0.25) is 0 Å². The van der Waals surface area contributed by atoms with Crippen LogP contribution in [-0.4, -0.2) is 11.1 Å². The molecular formula is C7H16FI. The molecular weight excluding hydrogens is 230 g/mol. The Bertz CT molecular complexity index is 39.9. The molecule has 0 bridgehead atoms. The summed E-state index contributed by atoms with van der Waals surface area (Å²) >= 11 is 2.27. The Morgan fingerprint density at radius 3 is 2.00 bits per heavy atom. The van der Waals surface area contributed by atoms with Crippen LogP contribution >= 0.6 is 22.6 Å². The quantitative estimate of drug-likeness (QED) is 0.528. The number of halogens is 2. The Morgan fingerprint density at radius 1 is 1.44 bits per heavy atom. The second-order valence-corrected chi connectivity index (χ2v) is 2.62. The van der Waals surface area contributed by atoms with E-state index in [1.807, 2.05) is 13.8 Å². The van der Waals surface area contributed by atoms with Crippen LogP contribution in [0.25, 0.3) is 0 Å². The largest absolute Gasteiger partial charge is 0.251 e. The summed E-state index contributed by atoms with van der Waals surface area (Å²) in [6.45, 7) is 5.90. The topological polar surface area (TPSA) is 0 Å². The van der Waals surface area contributed by atoms with Gasteiger partial charge in [0.05, 0.1) is 6.67 Å². The van der Waals surface area contributed by atoms with Gasteiger partial charge in [-0.05, 0) is 12.3 Å². The molecule has 0 aromatic heterocycles. The van der Waals surface area contributed by atoms with Crippen LogP contribution in [0.15, 0.2) is 0 Å². The number of rotatable bonds is 3. The summed E-state index contributed by atoms with van der Waals surface area (Å²) in [5.74, 6) is 0.561. The second kappa shape index (κ2) is 11.5. The maximum absolute atomic E-state index is 11.4. The van der Waals surface area contributed by atoms with E-state index in [-0.39, 0.29) is 6.67 Å². The fraction of sp³-hybridized carbons (Fsp3) is 1.00. The van der Waals surface area contributed by atoms with Crippen LogP contribution in [0.3, 0.4) is 0 Å². The Balaban J connectivity index is 0. The maximum Gasteiger partial charge on any atom is 0.0897 e. The van der Waals surface area contributed by atoms with E-state index in [9.17, 15) is 4.39 Å². The van der Waals surface area contributed by atoms with Crippen molar-refractivity contribution in [3.8, 4) is 0 Å². The molecule has 1 unspecified atom stereocenters. The Labute approximate surface area is 71.4 Å². The lowest BCUT2D eigenvalue weighted by Gasteiger charge is -1.99. The molecule has 0 aliphatic rings. The van der Waals surface area contributed by atoms with Crippen molar-refractivity contribution in [2.75, 3.05) is 11.1 Å². The van der Waals surface area contributed by atoms with Gasteiger partial charge >= 0.3 is 0 Å². The zero-order valence-corrected chi connectivity index (χ0v) is 8.61. The number of hydrogen-bond donors (Lipinski definition) is 0. The molecule has 0 aliphatic heterocycles. The van der Waals surface area contributed by atoms with Crippen LogP contribution in [0.4, 0.5) is 4.39 Å². The van der Waals surface area contributed by atoms with E-state index in [2.05, 4.69) is 29.5 Å². The molecule has 0 nitrogen and oxygen atoms in total. The predicted molar refractivity (Wildman–Crippen MR) is 50.0 cm³/mol. The summed E-state index contributed by atoms with van der Waals surface area (Å²) < 4.78 is 12.5. The van der Waals surface area contributed by atoms with Crippen LogP contribution < -0.4 is 0 Å². The van der Waals surface area contributed by atoms with Crippen molar-refractivity contribution in [3.63, 3.8) is 0 Å². The molecule has 0 saturated heterocycles. The fourth-order valence-electron chi connectivity index (χ4n) is 0.263. The van der Waals surface area contributed by atoms with E-state index in [1.54, 1.807) is 0 Å². The molecule has 58 valence electrons. The summed E-state index contributed by atoms with van der Waals surface area (Å²) in [6, 6.07) is 0. The van der Waals surface area contributed by atoms with Gasteiger partial charge in [-0.25, -0.2) is 0 Å². The Hall–Kier alpha value is 0.660. The number of alkyl halides is 2. The average Bonchev–Trinajstić information content (AvgIpc) is 1.93. The third kappa shape index (κ3) is 12.0. The van der Waals surface area contributed by atoms with Crippen molar-refractivity contribution in [2.45, 2.75) is 27.2 Å². The summed E-state index contributed by atoms with van der Waals surface area (Å²) in [6.07, 6.45) is 0.725. The SMILES string of the molecule is CC.CC(CI)CCF. The molecule has 2 heteroatoms. The first kappa shape index (κ1) is 12.3. The van der Waals surface area contributed by atoms with E-state index in [1.165, 1.54) is 0 Å². The van der Waals surface area contributed by atoms with Crippen molar-refractivity contribution < 1.29 is 4.39 Å². The molecule has 0 heterocycles. The van der Waals surface area contributed by atoms with Gasteiger partial charge in [0.1, 0.15) is 0 Å². The molecule has 0 aromatic carbocycles. The lowest BCUT2D eigenvalue weighted by atomic mass is 10.2. The number of hydrogen-bond acceptors (Lipinski definition) is 0. The lowest BCUT2D eigenvalue weighted by Crippen LogP contribution is -1.95. The van der Waals surface area contributed by atoms with E-state index in [0.29, 0.717) is 5.92 Å². The highest BCUT2D eigenvalue weighted by Crippen LogP contribution is 2.04. The molecule has 0 rings (SSSR count). The Morgan fingerprint density at radius 2 is 1.89 bits per heavy atom. The molecule has 0 N–H and O–H groups in total. The van der Waals surface area contributed by atoms with Gasteiger partial charge in [0.15, 0.2) is 0 Å². The normalized spacial score (nSPS) is 11.7. The molecule has 0 spiro atoms. The van der Waals surface area contributed by atoms with E-state index in [0.717, 1.165) is 10.8 Å². The zero-order valence-electron chi connectivity index (χ0n) is 6.45. The summed E-state index contributed by atoms with van der Waals surface area (Å²) in [4.78, 5) is 0. The third-order valence-corrected chi connectivity index (χ3v) is 2.37. The van der Waals surface area contributed by atoms with Gasteiger partial charge in [-0.2, -0.15) is 0 Å². The molecule has 9 heavy (non-hydrogen) atoms. The minimum atomic E-state index is -0.163. The third-order valence-electron chi connectivity index (χ3n) is 0.865. The summed E-state index contributed by atoms with van der Waals surface area (Å²) in [5, 5.41) is 0.